The van der Waals surface area contributed by atoms with Gasteiger partial charge in [0.2, 0.25) is 0 Å². The lowest BCUT2D eigenvalue weighted by molar-refractivity contribution is 0.0600. The summed E-state index contributed by atoms with van der Waals surface area (Å²) in [6.07, 6.45) is 0. The number of benzene rings is 1. The molecule has 0 bridgehead atoms. The van der Waals surface area contributed by atoms with Crippen LogP contribution in [0.4, 0.5) is 0 Å². The van der Waals surface area contributed by atoms with Crippen molar-refractivity contribution in [2.24, 2.45) is 5.73 Å². The third kappa shape index (κ3) is 2.58. The lowest BCUT2D eigenvalue weighted by Crippen LogP contribution is -2.04. The standard InChI is InChI=1S/C12H13NO2/c1-9-10(6-4-8-13)5-3-7-11(9)12(14)15-2/h3,5,7H,8,13H2,1-2H3. The van der Waals surface area contributed by atoms with Crippen molar-refractivity contribution < 1.29 is 9.53 Å². The smallest absolute Gasteiger partial charge is 0.338 e. The van der Waals surface area contributed by atoms with E-state index in [1.807, 2.05) is 13.0 Å². The molecule has 78 valence electrons. The highest BCUT2D eigenvalue weighted by molar-refractivity contribution is 5.91. The number of methoxy groups -OCH3 is 1. The van der Waals surface area contributed by atoms with E-state index in [0.717, 1.165) is 11.1 Å². The van der Waals surface area contributed by atoms with Crippen LogP contribution in [0, 0.1) is 18.8 Å². The van der Waals surface area contributed by atoms with Crippen LogP contribution in [-0.4, -0.2) is 19.6 Å². The molecule has 0 aliphatic carbocycles. The van der Waals surface area contributed by atoms with Gasteiger partial charge in [0, 0.05) is 5.56 Å². The Hall–Kier alpha value is -1.79. The van der Waals surface area contributed by atoms with Gasteiger partial charge in [0.05, 0.1) is 19.2 Å². The second-order valence-corrected chi connectivity index (χ2v) is 2.98. The van der Waals surface area contributed by atoms with E-state index < -0.39 is 0 Å². The Morgan fingerprint density at radius 3 is 2.87 bits per heavy atom. The van der Waals surface area contributed by atoms with Crippen LogP contribution in [0.3, 0.4) is 0 Å². The molecular weight excluding hydrogens is 190 g/mol. The second-order valence-electron chi connectivity index (χ2n) is 2.98. The summed E-state index contributed by atoms with van der Waals surface area (Å²) in [6, 6.07) is 5.35. The zero-order valence-corrected chi connectivity index (χ0v) is 8.83. The Labute approximate surface area is 89.2 Å². The second kappa shape index (κ2) is 5.18. The topological polar surface area (TPSA) is 52.3 Å². The summed E-state index contributed by atoms with van der Waals surface area (Å²) in [7, 11) is 1.36. The lowest BCUT2D eigenvalue weighted by atomic mass is 10.0. The molecular formula is C12H13NO2. The summed E-state index contributed by atoms with van der Waals surface area (Å²) in [6.45, 7) is 2.15. The van der Waals surface area contributed by atoms with Gasteiger partial charge >= 0.3 is 5.97 Å². The van der Waals surface area contributed by atoms with E-state index >= 15 is 0 Å². The third-order valence-electron chi connectivity index (χ3n) is 2.06. The summed E-state index contributed by atoms with van der Waals surface area (Å²) >= 11 is 0. The van der Waals surface area contributed by atoms with Crippen molar-refractivity contribution in [3.05, 3.63) is 34.9 Å². The molecule has 0 aromatic heterocycles. The van der Waals surface area contributed by atoms with Crippen LogP contribution in [0.5, 0.6) is 0 Å². The molecule has 0 aliphatic rings. The zero-order chi connectivity index (χ0) is 11.3. The molecule has 0 aliphatic heterocycles. The Kier molecular flexibility index (Phi) is 3.90. The molecule has 2 N–H and O–H groups in total. The molecule has 0 saturated carbocycles. The van der Waals surface area contributed by atoms with Crippen LogP contribution < -0.4 is 5.73 Å². The van der Waals surface area contributed by atoms with Crippen molar-refractivity contribution in [1.29, 1.82) is 0 Å². The van der Waals surface area contributed by atoms with Gasteiger partial charge in [-0.3, -0.25) is 0 Å². The Morgan fingerprint density at radius 1 is 1.53 bits per heavy atom. The third-order valence-corrected chi connectivity index (χ3v) is 2.06. The summed E-state index contributed by atoms with van der Waals surface area (Å²) in [4.78, 5) is 11.4. The van der Waals surface area contributed by atoms with E-state index in [1.165, 1.54) is 7.11 Å². The zero-order valence-electron chi connectivity index (χ0n) is 8.83. The molecule has 1 aromatic carbocycles. The van der Waals surface area contributed by atoms with Gasteiger partial charge in [-0.25, -0.2) is 4.79 Å². The largest absolute Gasteiger partial charge is 0.465 e. The minimum atomic E-state index is -0.344. The summed E-state index contributed by atoms with van der Waals surface area (Å²) in [5.74, 6) is 5.32. The Morgan fingerprint density at radius 2 is 2.27 bits per heavy atom. The predicted octanol–water partition coefficient (Wildman–Crippen LogP) is 1.09. The van der Waals surface area contributed by atoms with Crippen molar-refractivity contribution in [1.82, 2.24) is 0 Å². The van der Waals surface area contributed by atoms with E-state index in [1.54, 1.807) is 12.1 Å². The Balaban J connectivity index is 3.17. The molecule has 0 fully saturated rings. The number of ether oxygens (including phenoxy) is 1. The maximum atomic E-state index is 11.4. The number of nitrogens with two attached hydrogens (primary N) is 1. The van der Waals surface area contributed by atoms with E-state index in [0.29, 0.717) is 12.1 Å². The number of rotatable bonds is 1. The van der Waals surface area contributed by atoms with Gasteiger partial charge in [-0.2, -0.15) is 0 Å². The fraction of sp³-hybridized carbons (Fsp3) is 0.250. The van der Waals surface area contributed by atoms with Crippen molar-refractivity contribution in [3.8, 4) is 11.8 Å². The van der Waals surface area contributed by atoms with Crippen LogP contribution in [0.2, 0.25) is 0 Å². The molecule has 0 unspecified atom stereocenters. The number of carbonyl (C=O) groups excluding carboxylic acids is 1. The minimum absolute atomic E-state index is 0.307. The maximum absolute atomic E-state index is 11.4. The monoisotopic (exact) mass is 203 g/mol. The average molecular weight is 203 g/mol. The van der Waals surface area contributed by atoms with E-state index in [4.69, 9.17) is 5.73 Å². The number of hydrogen-bond acceptors (Lipinski definition) is 3. The highest BCUT2D eigenvalue weighted by Gasteiger charge is 2.10. The number of esters is 1. The Bertz CT molecular complexity index is 427. The van der Waals surface area contributed by atoms with E-state index in [2.05, 4.69) is 16.6 Å². The first-order chi connectivity index (χ1) is 7.20. The highest BCUT2D eigenvalue weighted by Crippen LogP contribution is 2.13. The van der Waals surface area contributed by atoms with Crippen molar-refractivity contribution >= 4 is 5.97 Å². The summed E-state index contributed by atoms with van der Waals surface area (Å²) < 4.78 is 4.66. The molecule has 0 amide bonds. The molecule has 0 saturated heterocycles. The SMILES string of the molecule is COC(=O)c1cccc(C#CCN)c1C. The first kappa shape index (κ1) is 11.3. The van der Waals surface area contributed by atoms with Gasteiger partial charge in [0.25, 0.3) is 0 Å². The molecule has 3 heteroatoms. The minimum Gasteiger partial charge on any atom is -0.465 e. The fourth-order valence-electron chi connectivity index (χ4n) is 1.25. The van der Waals surface area contributed by atoms with Gasteiger partial charge < -0.3 is 10.5 Å². The highest BCUT2D eigenvalue weighted by atomic mass is 16.5. The molecule has 0 spiro atoms. The van der Waals surface area contributed by atoms with Crippen molar-refractivity contribution in [2.75, 3.05) is 13.7 Å². The summed E-state index contributed by atoms with van der Waals surface area (Å²) in [5.41, 5.74) is 7.46. The first-order valence-electron chi connectivity index (χ1n) is 4.57. The van der Waals surface area contributed by atoms with Gasteiger partial charge in [0.1, 0.15) is 0 Å². The van der Waals surface area contributed by atoms with Gasteiger partial charge in [-0.15, -0.1) is 0 Å². The molecule has 0 heterocycles. The molecule has 0 radical (unpaired) electrons. The van der Waals surface area contributed by atoms with Crippen LogP contribution in [0.1, 0.15) is 21.5 Å². The quantitative estimate of drug-likeness (QED) is 0.549. The number of hydrogen-bond donors (Lipinski definition) is 1. The van der Waals surface area contributed by atoms with Gasteiger partial charge in [0.15, 0.2) is 0 Å². The van der Waals surface area contributed by atoms with Crippen LogP contribution in [0.25, 0.3) is 0 Å². The van der Waals surface area contributed by atoms with Crippen molar-refractivity contribution in [2.45, 2.75) is 6.92 Å². The van der Waals surface area contributed by atoms with E-state index in [-0.39, 0.29) is 5.97 Å². The maximum Gasteiger partial charge on any atom is 0.338 e. The number of carbonyl (C=O) groups is 1. The molecule has 0 atom stereocenters. The van der Waals surface area contributed by atoms with Crippen LogP contribution in [0.15, 0.2) is 18.2 Å². The molecule has 1 rings (SSSR count). The molecule has 15 heavy (non-hydrogen) atoms. The molecule has 3 nitrogen and oxygen atoms in total. The first-order valence-corrected chi connectivity index (χ1v) is 4.57. The van der Waals surface area contributed by atoms with Gasteiger partial charge in [-0.05, 0) is 24.6 Å². The van der Waals surface area contributed by atoms with E-state index in [9.17, 15) is 4.79 Å². The molecule has 1 aromatic rings. The van der Waals surface area contributed by atoms with Crippen molar-refractivity contribution in [3.63, 3.8) is 0 Å². The predicted molar refractivity (Wildman–Crippen MR) is 58.5 cm³/mol. The average Bonchev–Trinajstić information content (AvgIpc) is 2.27. The van der Waals surface area contributed by atoms with Crippen LogP contribution in [-0.2, 0) is 4.74 Å². The summed E-state index contributed by atoms with van der Waals surface area (Å²) in [5, 5.41) is 0. The fourth-order valence-corrected chi connectivity index (χ4v) is 1.25. The lowest BCUT2D eigenvalue weighted by Gasteiger charge is -2.04. The van der Waals surface area contributed by atoms with Crippen LogP contribution >= 0.6 is 0 Å². The normalized spacial score (nSPS) is 9.00. The van der Waals surface area contributed by atoms with Gasteiger partial charge in [-0.1, -0.05) is 17.9 Å².